The van der Waals surface area contributed by atoms with Crippen LogP contribution in [0.2, 0.25) is 0 Å². The fourth-order valence-corrected chi connectivity index (χ4v) is 4.86. The Hall–Kier alpha value is -0.870. The molecule has 0 spiro atoms. The number of carbonyl (C=O) groups excluding carboxylic acids is 2. The number of halogens is 1. The Balaban J connectivity index is 1.84. The monoisotopic (exact) mass is 350 g/mol. The van der Waals surface area contributed by atoms with Crippen LogP contribution < -0.4 is 0 Å². The third-order valence-electron chi connectivity index (χ3n) is 4.11. The van der Waals surface area contributed by atoms with E-state index in [1.54, 1.807) is 11.8 Å². The minimum Gasteiger partial charge on any atom is -0.302 e. The number of hydrogen-bond acceptors (Lipinski definition) is 3. The molecule has 1 aromatic carbocycles. The Morgan fingerprint density at radius 1 is 1.35 bits per heavy atom. The molecular weight excluding hydrogens is 336 g/mol. The lowest BCUT2D eigenvalue weighted by Gasteiger charge is -2.26. The van der Waals surface area contributed by atoms with Crippen LogP contribution in [0.25, 0.3) is 0 Å². The Morgan fingerprint density at radius 2 is 2.10 bits per heavy atom. The molecule has 2 nitrogen and oxygen atoms in total. The number of benzene rings is 1. The maximum Gasteiger partial charge on any atom is 0.176 e. The fraction of sp³-hybridized carbons (Fsp3) is 0.375. The van der Waals surface area contributed by atoms with Gasteiger partial charge in [-0.25, -0.2) is 0 Å². The normalized spacial score (nSPS) is 28.6. The molecule has 2 aliphatic rings. The average molecular weight is 351 g/mol. The highest BCUT2D eigenvalue weighted by Crippen LogP contribution is 2.55. The third kappa shape index (κ3) is 2.40. The molecule has 20 heavy (non-hydrogen) atoms. The first-order valence-electron chi connectivity index (χ1n) is 6.78. The second-order valence-electron chi connectivity index (χ2n) is 5.42. The van der Waals surface area contributed by atoms with Crippen molar-refractivity contribution < 1.29 is 9.59 Å². The molecule has 0 saturated carbocycles. The van der Waals surface area contributed by atoms with E-state index in [1.807, 2.05) is 24.3 Å². The van der Waals surface area contributed by atoms with Gasteiger partial charge in [0, 0.05) is 10.0 Å². The highest BCUT2D eigenvalue weighted by Gasteiger charge is 2.47. The maximum atomic E-state index is 12.6. The Labute approximate surface area is 131 Å². The van der Waals surface area contributed by atoms with E-state index < -0.39 is 0 Å². The van der Waals surface area contributed by atoms with Crippen LogP contribution in [0.15, 0.2) is 39.7 Å². The molecule has 1 aliphatic heterocycles. The van der Waals surface area contributed by atoms with Crippen molar-refractivity contribution in [2.24, 2.45) is 5.41 Å². The minimum atomic E-state index is -0.376. The summed E-state index contributed by atoms with van der Waals surface area (Å²) in [6.45, 7) is 0. The Bertz CT molecular complexity index is 579. The largest absolute Gasteiger partial charge is 0.302 e. The number of Topliss-reactive ketones (excluding diaryl/α,β-unsaturated/α-hetero) is 1. The molecule has 1 saturated heterocycles. The van der Waals surface area contributed by atoms with E-state index in [1.165, 1.54) is 0 Å². The van der Waals surface area contributed by atoms with Crippen molar-refractivity contribution in [3.05, 3.63) is 45.3 Å². The van der Waals surface area contributed by atoms with Gasteiger partial charge >= 0.3 is 0 Å². The third-order valence-corrected chi connectivity index (χ3v) is 6.13. The van der Waals surface area contributed by atoms with Crippen LogP contribution in [0.4, 0.5) is 0 Å². The molecule has 104 valence electrons. The van der Waals surface area contributed by atoms with Crippen LogP contribution in [0, 0.1) is 5.41 Å². The number of allylic oxidation sites excluding steroid dienone is 2. The molecule has 2 unspecified atom stereocenters. The number of aldehydes is 1. The first-order chi connectivity index (χ1) is 9.64. The van der Waals surface area contributed by atoms with Gasteiger partial charge in [0.2, 0.25) is 0 Å². The van der Waals surface area contributed by atoms with Gasteiger partial charge in [-0.3, -0.25) is 4.79 Å². The van der Waals surface area contributed by atoms with Gasteiger partial charge in [0.05, 0.1) is 10.7 Å². The van der Waals surface area contributed by atoms with E-state index in [4.69, 9.17) is 0 Å². The number of rotatable bonds is 3. The summed E-state index contributed by atoms with van der Waals surface area (Å²) in [5, 5.41) is -0.120. The van der Waals surface area contributed by atoms with Gasteiger partial charge in [0.15, 0.2) is 5.78 Å². The van der Waals surface area contributed by atoms with Crippen molar-refractivity contribution in [3.8, 4) is 0 Å². The SMILES string of the molecule is O=CC12CCCC=C1SC(C(=O)c1ccc(Br)cc1)C2. The molecule has 1 aliphatic carbocycles. The molecule has 2 atom stereocenters. The van der Waals surface area contributed by atoms with Crippen LogP contribution in [0.1, 0.15) is 36.0 Å². The first kappa shape index (κ1) is 14.1. The highest BCUT2D eigenvalue weighted by molar-refractivity contribution is 9.10. The number of carbonyl (C=O) groups is 2. The lowest BCUT2D eigenvalue weighted by atomic mass is 9.76. The summed E-state index contributed by atoms with van der Waals surface area (Å²) in [5.74, 6) is 0.138. The minimum absolute atomic E-state index is 0.120. The van der Waals surface area contributed by atoms with Crippen LogP contribution in [0.5, 0.6) is 0 Å². The molecule has 0 amide bonds. The molecule has 0 aromatic heterocycles. The van der Waals surface area contributed by atoms with Crippen LogP contribution >= 0.6 is 27.7 Å². The first-order valence-corrected chi connectivity index (χ1v) is 8.45. The van der Waals surface area contributed by atoms with Crippen LogP contribution in [-0.2, 0) is 4.79 Å². The zero-order valence-corrected chi connectivity index (χ0v) is 13.4. The zero-order chi connectivity index (χ0) is 14.2. The Morgan fingerprint density at radius 3 is 2.75 bits per heavy atom. The Kier molecular flexibility index (Phi) is 3.87. The molecule has 4 heteroatoms. The fourth-order valence-electron chi connectivity index (χ4n) is 2.98. The van der Waals surface area contributed by atoms with E-state index in [2.05, 4.69) is 22.0 Å². The highest BCUT2D eigenvalue weighted by atomic mass is 79.9. The van der Waals surface area contributed by atoms with E-state index in [-0.39, 0.29) is 16.4 Å². The van der Waals surface area contributed by atoms with E-state index in [0.29, 0.717) is 6.42 Å². The van der Waals surface area contributed by atoms with Crippen molar-refractivity contribution in [1.29, 1.82) is 0 Å². The molecule has 0 bridgehead atoms. The topological polar surface area (TPSA) is 34.1 Å². The lowest BCUT2D eigenvalue weighted by molar-refractivity contribution is -0.114. The number of fused-ring (bicyclic) bond motifs is 1. The van der Waals surface area contributed by atoms with Crippen LogP contribution in [-0.4, -0.2) is 17.3 Å². The predicted octanol–water partition coefficient (Wildman–Crippen LogP) is 4.39. The van der Waals surface area contributed by atoms with Gasteiger partial charge in [-0.2, -0.15) is 0 Å². The number of thioether (sulfide) groups is 1. The van der Waals surface area contributed by atoms with Crippen molar-refractivity contribution in [2.75, 3.05) is 0 Å². The molecule has 0 radical (unpaired) electrons. The van der Waals surface area contributed by atoms with Crippen molar-refractivity contribution >= 4 is 39.8 Å². The van der Waals surface area contributed by atoms with Crippen molar-refractivity contribution in [2.45, 2.75) is 30.9 Å². The average Bonchev–Trinajstić information content (AvgIpc) is 2.87. The summed E-state index contributed by atoms with van der Waals surface area (Å²) in [4.78, 5) is 25.2. The zero-order valence-electron chi connectivity index (χ0n) is 11.0. The van der Waals surface area contributed by atoms with Crippen molar-refractivity contribution in [1.82, 2.24) is 0 Å². The summed E-state index contributed by atoms with van der Waals surface area (Å²) < 4.78 is 0.967. The summed E-state index contributed by atoms with van der Waals surface area (Å²) in [7, 11) is 0. The lowest BCUT2D eigenvalue weighted by Crippen LogP contribution is -2.25. The summed E-state index contributed by atoms with van der Waals surface area (Å²) in [6.07, 6.45) is 6.83. The maximum absolute atomic E-state index is 12.6. The molecule has 1 heterocycles. The summed E-state index contributed by atoms with van der Waals surface area (Å²) in [5.41, 5.74) is 0.351. The van der Waals surface area contributed by atoms with Crippen molar-refractivity contribution in [3.63, 3.8) is 0 Å². The smallest absolute Gasteiger partial charge is 0.176 e. The second-order valence-corrected chi connectivity index (χ2v) is 7.58. The van der Waals surface area contributed by atoms with Gasteiger partial charge in [-0.1, -0.05) is 34.1 Å². The molecule has 3 rings (SSSR count). The van der Waals surface area contributed by atoms with E-state index >= 15 is 0 Å². The quantitative estimate of drug-likeness (QED) is 0.598. The van der Waals surface area contributed by atoms with Gasteiger partial charge < -0.3 is 4.79 Å². The van der Waals surface area contributed by atoms with E-state index in [0.717, 1.165) is 40.5 Å². The molecule has 1 fully saturated rings. The number of ketones is 1. The van der Waals surface area contributed by atoms with Gasteiger partial charge in [-0.05, 0) is 42.7 Å². The molecule has 0 N–H and O–H groups in total. The van der Waals surface area contributed by atoms with Crippen LogP contribution in [0.3, 0.4) is 0 Å². The molecule has 1 aromatic rings. The second kappa shape index (κ2) is 5.49. The molecular formula is C16H15BrO2S. The van der Waals surface area contributed by atoms with Gasteiger partial charge in [0.1, 0.15) is 6.29 Å². The van der Waals surface area contributed by atoms with E-state index in [9.17, 15) is 9.59 Å². The number of hydrogen-bond donors (Lipinski definition) is 0. The standard InChI is InChI=1S/C16H15BrO2S/c17-12-6-4-11(5-7-12)15(19)13-9-16(10-18)8-2-1-3-14(16)20-13/h3-7,10,13H,1-2,8-9H2. The predicted molar refractivity (Wildman–Crippen MR) is 84.9 cm³/mol. The summed E-state index contributed by atoms with van der Waals surface area (Å²) in [6, 6.07) is 7.46. The van der Waals surface area contributed by atoms with Gasteiger partial charge in [0.25, 0.3) is 0 Å². The van der Waals surface area contributed by atoms with Gasteiger partial charge in [-0.15, -0.1) is 11.8 Å². The summed E-state index contributed by atoms with van der Waals surface area (Å²) >= 11 is 4.97.